The van der Waals surface area contributed by atoms with Gasteiger partial charge in [0.25, 0.3) is 5.91 Å². The van der Waals surface area contributed by atoms with E-state index in [1.165, 1.54) is 6.07 Å². The molecule has 4 aromatic rings. The second-order valence-corrected chi connectivity index (χ2v) is 13.3. The molecule has 1 aliphatic heterocycles. The number of aromatic amines is 1. The van der Waals surface area contributed by atoms with E-state index >= 15 is 4.39 Å². The molecule has 3 aromatic heterocycles. The average Bonchev–Trinajstić information content (AvgIpc) is 3.72. The number of hydrogen-bond acceptors (Lipinski definition) is 12. The number of ether oxygens (including phenoxy) is 4. The Morgan fingerprint density at radius 3 is 2.24 bits per heavy atom. The smallest absolute Gasteiger partial charge is 0.254 e. The lowest BCUT2D eigenvalue weighted by Gasteiger charge is -2.34. The van der Waals surface area contributed by atoms with Crippen molar-refractivity contribution in [2.24, 2.45) is 5.73 Å². The van der Waals surface area contributed by atoms with Crippen LogP contribution in [0, 0.1) is 5.82 Å². The molecule has 1 saturated heterocycles. The summed E-state index contributed by atoms with van der Waals surface area (Å²) in [5.74, 6) is -0.480. The van der Waals surface area contributed by atoms with Gasteiger partial charge in [0.1, 0.15) is 5.82 Å². The van der Waals surface area contributed by atoms with Gasteiger partial charge in [-0.05, 0) is 31.0 Å². The summed E-state index contributed by atoms with van der Waals surface area (Å²) in [7, 11) is 0. The van der Waals surface area contributed by atoms with Gasteiger partial charge in [-0.2, -0.15) is 5.10 Å². The lowest BCUT2D eigenvalue weighted by atomic mass is 10.1. The van der Waals surface area contributed by atoms with Crippen LogP contribution in [0.2, 0.25) is 0 Å². The van der Waals surface area contributed by atoms with Gasteiger partial charge in [-0.3, -0.25) is 28.8 Å². The van der Waals surface area contributed by atoms with Crippen LogP contribution in [0.4, 0.5) is 15.9 Å². The van der Waals surface area contributed by atoms with Crippen LogP contribution in [0.1, 0.15) is 47.7 Å². The Morgan fingerprint density at radius 1 is 0.909 bits per heavy atom. The molecule has 18 heteroatoms. The van der Waals surface area contributed by atoms with E-state index in [1.54, 1.807) is 35.6 Å². The van der Waals surface area contributed by atoms with Crippen molar-refractivity contribution in [2.75, 3.05) is 97.4 Å². The molecule has 55 heavy (non-hydrogen) atoms. The molecule has 2 aliphatic rings. The van der Waals surface area contributed by atoms with E-state index in [4.69, 9.17) is 29.7 Å². The Bertz CT molecular complexity index is 1860. The van der Waals surface area contributed by atoms with Crippen LogP contribution < -0.4 is 16.4 Å². The zero-order valence-electron chi connectivity index (χ0n) is 30.8. The van der Waals surface area contributed by atoms with E-state index in [1.807, 2.05) is 10.6 Å². The number of imidazole rings is 1. The summed E-state index contributed by atoms with van der Waals surface area (Å²) in [6, 6.07) is 4.46. The van der Waals surface area contributed by atoms with Crippen LogP contribution in [0.15, 0.2) is 43.0 Å². The van der Waals surface area contributed by atoms with E-state index in [0.717, 1.165) is 29.8 Å². The summed E-state index contributed by atoms with van der Waals surface area (Å²) >= 11 is 0. The number of anilines is 2. The average molecular weight is 765 g/mol. The fourth-order valence-corrected chi connectivity index (χ4v) is 6.05. The van der Waals surface area contributed by atoms with Crippen LogP contribution >= 0.6 is 0 Å². The maximum atomic E-state index is 15.5. The van der Waals surface area contributed by atoms with Crippen molar-refractivity contribution in [1.82, 2.24) is 39.7 Å². The van der Waals surface area contributed by atoms with Crippen LogP contribution in [0.3, 0.4) is 0 Å². The summed E-state index contributed by atoms with van der Waals surface area (Å²) in [5.41, 5.74) is 8.71. The number of benzene rings is 1. The van der Waals surface area contributed by atoms with Gasteiger partial charge >= 0.3 is 0 Å². The fourth-order valence-electron chi connectivity index (χ4n) is 6.05. The highest BCUT2D eigenvalue weighted by molar-refractivity contribution is 5.95. The minimum absolute atomic E-state index is 0.0965. The largest absolute Gasteiger partial charge is 0.379 e. The standard InChI is InChI=1S/C37H49FN10O7/c38-29-21-27(3-4-30(29)44-35-36-41-24-32(28-22-42-43-23-28)48(36)25-31(45-35)26-1-2-26)37(51)47-11-9-46(10-12-47)8-7-40-34(50)6-14-53-16-18-55-20-19-54-17-15-52-13-5-33(39)49/h3-4,21-26H,1-2,5-20H2,(H2,39,49)(H,40,50)(H,42,43)(H,44,45). The van der Waals surface area contributed by atoms with Gasteiger partial charge in [-0.15, -0.1) is 0 Å². The van der Waals surface area contributed by atoms with E-state index in [2.05, 4.69) is 30.7 Å². The van der Waals surface area contributed by atoms with Gasteiger partial charge < -0.3 is 40.2 Å². The second-order valence-electron chi connectivity index (χ2n) is 13.3. The lowest BCUT2D eigenvalue weighted by Crippen LogP contribution is -2.50. The molecule has 1 aromatic carbocycles. The zero-order valence-corrected chi connectivity index (χ0v) is 30.8. The summed E-state index contributed by atoms with van der Waals surface area (Å²) in [6.45, 7) is 6.39. The molecular weight excluding hydrogens is 715 g/mol. The summed E-state index contributed by atoms with van der Waals surface area (Å²) in [5, 5.41) is 12.9. The molecule has 0 atom stereocenters. The van der Waals surface area contributed by atoms with Crippen molar-refractivity contribution >= 4 is 34.9 Å². The minimum Gasteiger partial charge on any atom is -0.379 e. The lowest BCUT2D eigenvalue weighted by molar-refractivity contribution is -0.122. The van der Waals surface area contributed by atoms with Crippen LogP contribution in [-0.4, -0.2) is 144 Å². The number of nitrogens with zero attached hydrogens (tertiary/aromatic N) is 6. The van der Waals surface area contributed by atoms with Gasteiger partial charge in [0.15, 0.2) is 11.5 Å². The van der Waals surface area contributed by atoms with E-state index in [9.17, 15) is 14.4 Å². The van der Waals surface area contributed by atoms with Crippen molar-refractivity contribution < 1.29 is 37.7 Å². The Hall–Kier alpha value is -5.01. The highest BCUT2D eigenvalue weighted by atomic mass is 19.1. The molecule has 17 nitrogen and oxygen atoms in total. The van der Waals surface area contributed by atoms with Gasteiger partial charge in [-0.25, -0.2) is 14.4 Å². The first-order chi connectivity index (χ1) is 26.9. The predicted octanol–water partition coefficient (Wildman–Crippen LogP) is 2.09. The van der Waals surface area contributed by atoms with E-state index < -0.39 is 11.7 Å². The van der Waals surface area contributed by atoms with Gasteiger partial charge in [0.05, 0.1) is 82.3 Å². The SMILES string of the molecule is NC(=O)CCOCCOCCOCCOCCC(=O)NCCN1CCN(C(=O)c2ccc(Nc3nc(C4CC4)cn4c(-c5cn[nH]c5)cnc34)c(F)c2)CC1. The van der Waals surface area contributed by atoms with Crippen molar-refractivity contribution in [2.45, 2.75) is 31.6 Å². The quantitative estimate of drug-likeness (QED) is 0.0803. The number of halogens is 1. The number of rotatable bonds is 23. The van der Waals surface area contributed by atoms with Crippen molar-refractivity contribution in [3.8, 4) is 11.3 Å². The molecule has 6 rings (SSSR count). The fraction of sp³-hybridized carbons (Fsp3) is 0.514. The zero-order chi connectivity index (χ0) is 38.4. The number of primary amides is 1. The minimum atomic E-state index is -0.558. The van der Waals surface area contributed by atoms with Gasteiger partial charge in [0.2, 0.25) is 11.8 Å². The third-order valence-corrected chi connectivity index (χ3v) is 9.26. The van der Waals surface area contributed by atoms with E-state index in [-0.39, 0.29) is 42.5 Å². The number of H-pyrrole nitrogens is 1. The monoisotopic (exact) mass is 764 g/mol. The van der Waals surface area contributed by atoms with Gasteiger partial charge in [-0.1, -0.05) is 0 Å². The Morgan fingerprint density at radius 2 is 1.60 bits per heavy atom. The molecule has 0 unspecified atom stereocenters. The van der Waals surface area contributed by atoms with Crippen LogP contribution in [0.5, 0.6) is 0 Å². The predicted molar refractivity (Wildman–Crippen MR) is 199 cm³/mol. The number of fused-ring (bicyclic) bond motifs is 1. The van der Waals surface area contributed by atoms with Crippen LogP contribution in [0.25, 0.3) is 16.9 Å². The molecule has 0 spiro atoms. The van der Waals surface area contributed by atoms with E-state index in [0.29, 0.717) is 103 Å². The first kappa shape index (κ1) is 39.7. The number of nitrogens with one attached hydrogen (secondary N) is 3. The van der Waals surface area contributed by atoms with Gasteiger partial charge in [0, 0.05) is 81.5 Å². The molecule has 5 N–H and O–H groups in total. The number of aromatic nitrogens is 5. The third-order valence-electron chi connectivity index (χ3n) is 9.26. The number of amides is 3. The number of piperazine rings is 1. The topological polar surface area (TPSA) is 204 Å². The third kappa shape index (κ3) is 11.7. The molecular formula is C37H49FN10O7. The second kappa shape index (κ2) is 20.1. The highest BCUT2D eigenvalue weighted by Crippen LogP contribution is 2.40. The molecule has 0 radical (unpaired) electrons. The Kier molecular flexibility index (Phi) is 14.5. The molecule has 1 aliphatic carbocycles. The van der Waals surface area contributed by atoms with Crippen molar-refractivity contribution in [1.29, 1.82) is 0 Å². The molecule has 4 heterocycles. The highest BCUT2D eigenvalue weighted by Gasteiger charge is 2.28. The number of hydrogen-bond donors (Lipinski definition) is 4. The maximum Gasteiger partial charge on any atom is 0.254 e. The molecule has 1 saturated carbocycles. The molecule has 3 amide bonds. The van der Waals surface area contributed by atoms with Crippen molar-refractivity contribution in [3.05, 3.63) is 60.1 Å². The van der Waals surface area contributed by atoms with Crippen LogP contribution in [-0.2, 0) is 28.5 Å². The first-order valence-electron chi connectivity index (χ1n) is 18.7. The number of carbonyl (C=O) groups is 3. The summed E-state index contributed by atoms with van der Waals surface area (Å²) < 4.78 is 38.9. The normalized spacial score (nSPS) is 14.7. The Labute approximate surface area is 318 Å². The first-order valence-corrected chi connectivity index (χ1v) is 18.7. The maximum absolute atomic E-state index is 15.5. The molecule has 296 valence electrons. The number of nitrogens with two attached hydrogens (primary N) is 1. The molecule has 2 fully saturated rings. The molecule has 0 bridgehead atoms. The summed E-state index contributed by atoms with van der Waals surface area (Å²) in [4.78, 5) is 49.4. The van der Waals surface area contributed by atoms with Crippen molar-refractivity contribution in [3.63, 3.8) is 0 Å². The number of carbonyl (C=O) groups excluding carboxylic acids is 3. The Balaban J connectivity index is 0.850. The summed E-state index contributed by atoms with van der Waals surface area (Å²) in [6.07, 6.45) is 9.80.